The minimum atomic E-state index is -2.15. The van der Waals surface area contributed by atoms with Gasteiger partial charge in [0.05, 0.1) is 6.54 Å². The molecule has 3 nitrogen and oxygen atoms in total. The van der Waals surface area contributed by atoms with Crippen LogP contribution >= 0.6 is 8.03 Å². The van der Waals surface area contributed by atoms with Gasteiger partial charge in [0, 0.05) is 11.6 Å². The van der Waals surface area contributed by atoms with E-state index in [2.05, 4.69) is 52.1 Å². The summed E-state index contributed by atoms with van der Waals surface area (Å²) in [5.74, 6) is 0.255. The van der Waals surface area contributed by atoms with E-state index in [-0.39, 0.29) is 17.0 Å². The van der Waals surface area contributed by atoms with Gasteiger partial charge >= 0.3 is 8.03 Å². The summed E-state index contributed by atoms with van der Waals surface area (Å²) < 4.78 is 11.5. The van der Waals surface area contributed by atoms with Crippen LogP contribution in [0.1, 0.15) is 53.0 Å². The smallest absolute Gasteiger partial charge is 0.380 e. The molecule has 118 valence electrons. The zero-order valence-corrected chi connectivity index (χ0v) is 14.8. The monoisotopic (exact) mass is 310 g/mol. The highest BCUT2D eigenvalue weighted by molar-refractivity contribution is 7.39. The molecule has 1 rings (SSSR count). The van der Waals surface area contributed by atoms with E-state index >= 15 is 0 Å². The van der Waals surface area contributed by atoms with Gasteiger partial charge in [0.1, 0.15) is 0 Å². The summed E-state index contributed by atoms with van der Waals surface area (Å²) in [6, 6.07) is 8.33. The summed E-state index contributed by atoms with van der Waals surface area (Å²) in [6.07, 6.45) is 2.03. The lowest BCUT2D eigenvalue weighted by atomic mass is 9.87. The average Bonchev–Trinajstić information content (AvgIpc) is 2.38. The molecular formula is C17H29NO2P+. The highest BCUT2D eigenvalue weighted by Crippen LogP contribution is 2.32. The SMILES string of the molecule is CCCC(C)C(CNc1ccc(C(C)(C)C)cc1)[P+](=O)O. The topological polar surface area (TPSA) is 49.3 Å². The maximum absolute atomic E-state index is 11.5. The molecule has 0 bridgehead atoms. The molecule has 21 heavy (non-hydrogen) atoms. The van der Waals surface area contributed by atoms with Crippen LogP contribution in [0.2, 0.25) is 0 Å². The van der Waals surface area contributed by atoms with E-state index in [1.165, 1.54) is 5.56 Å². The second-order valence-corrected chi connectivity index (χ2v) is 8.11. The van der Waals surface area contributed by atoms with Crippen molar-refractivity contribution in [1.82, 2.24) is 0 Å². The Morgan fingerprint density at radius 2 is 1.81 bits per heavy atom. The van der Waals surface area contributed by atoms with Gasteiger partial charge < -0.3 is 5.32 Å². The molecule has 3 atom stereocenters. The van der Waals surface area contributed by atoms with E-state index < -0.39 is 8.03 Å². The second kappa shape index (κ2) is 7.91. The van der Waals surface area contributed by atoms with E-state index in [1.807, 2.05) is 12.1 Å². The molecule has 0 amide bonds. The quantitative estimate of drug-likeness (QED) is 0.702. The van der Waals surface area contributed by atoms with Crippen molar-refractivity contribution >= 4 is 13.7 Å². The molecule has 4 heteroatoms. The molecule has 0 radical (unpaired) electrons. The first-order valence-corrected chi connectivity index (χ1v) is 9.03. The van der Waals surface area contributed by atoms with Gasteiger partial charge in [0.2, 0.25) is 5.66 Å². The second-order valence-electron chi connectivity index (χ2n) is 6.84. The molecule has 0 aromatic heterocycles. The molecule has 1 aromatic carbocycles. The van der Waals surface area contributed by atoms with Crippen LogP contribution in [0.25, 0.3) is 0 Å². The van der Waals surface area contributed by atoms with Crippen LogP contribution in [0.4, 0.5) is 5.69 Å². The fourth-order valence-electron chi connectivity index (χ4n) is 2.46. The van der Waals surface area contributed by atoms with Crippen molar-refractivity contribution in [1.29, 1.82) is 0 Å². The van der Waals surface area contributed by atoms with Gasteiger partial charge in [-0.1, -0.05) is 53.2 Å². The predicted octanol–water partition coefficient (Wildman–Crippen LogP) is 4.94. The molecule has 0 spiro atoms. The van der Waals surface area contributed by atoms with E-state index in [0.717, 1.165) is 18.5 Å². The normalized spacial score (nSPS) is 15.4. The van der Waals surface area contributed by atoms with Crippen molar-refractivity contribution in [2.24, 2.45) is 5.92 Å². The molecule has 0 aliphatic heterocycles. The maximum atomic E-state index is 11.5. The lowest BCUT2D eigenvalue weighted by molar-refractivity contribution is 0.439. The summed E-state index contributed by atoms with van der Waals surface area (Å²) >= 11 is 0. The molecular weight excluding hydrogens is 281 g/mol. The highest BCUT2D eigenvalue weighted by Gasteiger charge is 2.34. The largest absolute Gasteiger partial charge is 0.510 e. The third-order valence-corrected chi connectivity index (χ3v) is 5.21. The molecule has 0 saturated carbocycles. The maximum Gasteiger partial charge on any atom is 0.510 e. The minimum absolute atomic E-state index is 0.144. The van der Waals surface area contributed by atoms with Crippen LogP contribution in [0.5, 0.6) is 0 Å². The summed E-state index contributed by atoms with van der Waals surface area (Å²) in [4.78, 5) is 9.51. The summed E-state index contributed by atoms with van der Waals surface area (Å²) in [5.41, 5.74) is 2.25. The fraction of sp³-hybridized carbons (Fsp3) is 0.647. The molecule has 0 fully saturated rings. The van der Waals surface area contributed by atoms with Gasteiger partial charge in [-0.15, -0.1) is 0 Å². The van der Waals surface area contributed by atoms with Crippen molar-refractivity contribution in [2.75, 3.05) is 11.9 Å². The summed E-state index contributed by atoms with van der Waals surface area (Å²) in [7, 11) is -2.15. The number of nitrogens with one attached hydrogen (secondary N) is 1. The number of anilines is 1. The molecule has 0 aliphatic carbocycles. The molecule has 0 saturated heterocycles. The van der Waals surface area contributed by atoms with Gasteiger partial charge in [-0.3, -0.25) is 0 Å². The third-order valence-electron chi connectivity index (χ3n) is 3.95. The number of rotatable bonds is 7. The van der Waals surface area contributed by atoms with Crippen LogP contribution in [-0.2, 0) is 9.98 Å². The van der Waals surface area contributed by atoms with E-state index in [9.17, 15) is 9.46 Å². The van der Waals surface area contributed by atoms with E-state index in [0.29, 0.717) is 6.54 Å². The van der Waals surface area contributed by atoms with Crippen LogP contribution in [0, 0.1) is 5.92 Å². The minimum Gasteiger partial charge on any atom is -0.380 e. The van der Waals surface area contributed by atoms with Crippen LogP contribution < -0.4 is 5.32 Å². The Kier molecular flexibility index (Phi) is 6.83. The number of hydrogen-bond donors (Lipinski definition) is 2. The van der Waals surface area contributed by atoms with Gasteiger partial charge in [0.25, 0.3) is 0 Å². The van der Waals surface area contributed by atoms with Crippen molar-refractivity contribution in [3.8, 4) is 0 Å². The van der Waals surface area contributed by atoms with Crippen molar-refractivity contribution in [3.63, 3.8) is 0 Å². The van der Waals surface area contributed by atoms with Crippen LogP contribution in [0.15, 0.2) is 24.3 Å². The molecule has 0 heterocycles. The zero-order chi connectivity index (χ0) is 16.0. The summed E-state index contributed by atoms with van der Waals surface area (Å²) in [5, 5.41) is 3.30. The van der Waals surface area contributed by atoms with E-state index in [4.69, 9.17) is 0 Å². The first kappa shape index (κ1) is 18.1. The highest BCUT2D eigenvalue weighted by atomic mass is 31.1. The number of benzene rings is 1. The standard InChI is InChI=1S/C17H28NO2P/c1-6-7-13(2)16(21(19)20)12-18-15-10-8-14(9-11-15)17(3,4)5/h8-11,13,16,18H,6-7,12H2,1-5H3/p+1. The Labute approximate surface area is 130 Å². The van der Waals surface area contributed by atoms with Crippen LogP contribution in [-0.4, -0.2) is 17.1 Å². The Morgan fingerprint density at radius 3 is 2.24 bits per heavy atom. The lowest BCUT2D eigenvalue weighted by Crippen LogP contribution is -2.24. The van der Waals surface area contributed by atoms with Gasteiger partial charge in [0.15, 0.2) is 0 Å². The molecule has 0 aliphatic rings. The molecule has 2 N–H and O–H groups in total. The fourth-order valence-corrected chi connectivity index (χ4v) is 3.29. The van der Waals surface area contributed by atoms with E-state index in [1.54, 1.807) is 0 Å². The average molecular weight is 310 g/mol. The van der Waals surface area contributed by atoms with Crippen molar-refractivity contribution in [2.45, 2.75) is 58.5 Å². The zero-order valence-electron chi connectivity index (χ0n) is 13.9. The predicted molar refractivity (Wildman–Crippen MR) is 91.3 cm³/mol. The Hall–Kier alpha value is -0.920. The van der Waals surface area contributed by atoms with Gasteiger partial charge in [-0.2, -0.15) is 4.89 Å². The molecule has 3 unspecified atom stereocenters. The van der Waals surface area contributed by atoms with Gasteiger partial charge in [-0.25, -0.2) is 0 Å². The Morgan fingerprint density at radius 1 is 1.24 bits per heavy atom. The van der Waals surface area contributed by atoms with Crippen LogP contribution in [0.3, 0.4) is 0 Å². The first-order valence-electron chi connectivity index (χ1n) is 7.75. The first-order chi connectivity index (χ1) is 9.75. The lowest BCUT2D eigenvalue weighted by Gasteiger charge is -2.19. The van der Waals surface area contributed by atoms with Gasteiger partial charge in [-0.05, 0) is 34.1 Å². The Bertz CT molecular complexity index is 451. The third kappa shape index (κ3) is 5.76. The van der Waals surface area contributed by atoms with Crippen molar-refractivity contribution in [3.05, 3.63) is 29.8 Å². The van der Waals surface area contributed by atoms with Crippen molar-refractivity contribution < 1.29 is 9.46 Å². The Balaban J connectivity index is 2.66. The molecule has 1 aromatic rings. The number of hydrogen-bond acceptors (Lipinski definition) is 2. The summed E-state index contributed by atoms with van der Waals surface area (Å²) in [6.45, 7) is 11.3.